The molecule has 520 valence electrons. The standard InChI is InChI=1S/2C24H12.C24H10.C24H8.24Y/c4*1-2-10-18-17(9-1)19-11-3-4-13-21(19)23-15-7-8-16-24(23)22-14-6-5-12-20(18)22;;;;;;;;;;;;;;;;;;;;;;;;/h1-9,11,14,16H;1-12H;1-9,11H;1-8H;;;;;;;;;;;;;;;;;;;;;;;;/q2*-4;-6;-8;;;;;;;;;;;;;;;;;;;;;;;;. The van der Waals surface area contributed by atoms with Crippen molar-refractivity contribution >= 4 is 0 Å². The molecule has 0 fully saturated rings. The fourth-order valence-corrected chi connectivity index (χ4v) is 13.4. The summed E-state index contributed by atoms with van der Waals surface area (Å²) in [5, 5.41) is 0. The maximum Gasteiger partial charge on any atom is 0 e. The van der Waals surface area contributed by atoms with Gasteiger partial charge in [-0.2, -0.15) is 167 Å². The van der Waals surface area contributed by atoms with Crippen LogP contribution in [0, 0.1) is 133 Å². The quantitative estimate of drug-likeness (QED) is 0.133. The van der Waals surface area contributed by atoms with E-state index in [1.165, 1.54) is 22.3 Å². The Kier molecular flexibility index (Phi) is 95.3. The van der Waals surface area contributed by atoms with Crippen LogP contribution in [0.3, 0.4) is 0 Å². The molecule has 16 aromatic carbocycles. The fourth-order valence-electron chi connectivity index (χ4n) is 13.4. The van der Waals surface area contributed by atoms with Gasteiger partial charge in [-0.1, -0.05) is 35.4 Å². The van der Waals surface area contributed by atoms with Crippen LogP contribution in [0.5, 0.6) is 0 Å². The Morgan fingerprint density at radius 1 is 0.0833 bits per heavy atom. The molecule has 0 aromatic heterocycles. The first kappa shape index (κ1) is 149. The summed E-state index contributed by atoms with van der Waals surface area (Å²) in [4.78, 5) is 0. The van der Waals surface area contributed by atoms with Gasteiger partial charge in [0.1, 0.15) is 0 Å². The van der Waals surface area contributed by atoms with E-state index in [0.717, 1.165) is 156 Å². The average Bonchev–Trinajstić information content (AvgIpc) is 0.771. The molecule has 120 heavy (non-hydrogen) atoms. The van der Waals surface area contributed by atoms with Crippen molar-refractivity contribution in [1.29, 1.82) is 0 Å². The number of fused-ring (bicyclic) bond motifs is 32. The van der Waals surface area contributed by atoms with Crippen molar-refractivity contribution in [3.05, 3.63) is 388 Å². The third-order valence-corrected chi connectivity index (χ3v) is 17.5. The summed E-state index contributed by atoms with van der Waals surface area (Å²) in [7, 11) is 0. The van der Waals surface area contributed by atoms with E-state index in [1.807, 2.05) is 182 Å². The Balaban J connectivity index is -0.000000218. The molecule has 4 aliphatic carbocycles. The van der Waals surface area contributed by atoms with E-state index in [2.05, 4.69) is 206 Å². The van der Waals surface area contributed by atoms with Crippen LogP contribution in [-0.2, 0) is 785 Å². The topological polar surface area (TPSA) is 0 Å². The van der Waals surface area contributed by atoms with Crippen molar-refractivity contribution in [2.75, 3.05) is 0 Å². The van der Waals surface area contributed by atoms with Gasteiger partial charge in [-0.3, -0.25) is 0 Å². The molecule has 4 aliphatic rings. The van der Waals surface area contributed by atoms with Gasteiger partial charge in [-0.05, 0) is 0 Å². The minimum absolute atomic E-state index is 0. The van der Waals surface area contributed by atoms with Crippen LogP contribution in [0.4, 0.5) is 0 Å². The smallest absolute Gasteiger partial charge is 0 e. The van der Waals surface area contributed by atoms with Crippen LogP contribution in [0.1, 0.15) is 0 Å². The van der Waals surface area contributed by atoms with Crippen LogP contribution in [0.2, 0.25) is 0 Å². The average molecular weight is 3330 g/mol. The Morgan fingerprint density at radius 2 is 0.167 bits per heavy atom. The van der Waals surface area contributed by atoms with Crippen molar-refractivity contribution in [3.8, 4) is 178 Å². The maximum atomic E-state index is 3.43. The summed E-state index contributed by atoms with van der Waals surface area (Å²) in [6.45, 7) is 0. The molecule has 24 radical (unpaired) electrons. The fraction of sp³-hybridized carbons (Fsp3) is 0. The van der Waals surface area contributed by atoms with Crippen molar-refractivity contribution in [2.45, 2.75) is 0 Å². The number of hydrogen-bond donors (Lipinski definition) is 0. The van der Waals surface area contributed by atoms with Gasteiger partial charge in [-0.25, -0.2) is 292 Å². The van der Waals surface area contributed by atoms with Gasteiger partial charge in [0.05, 0.1) is 0 Å². The molecule has 0 unspecified atom stereocenters. The summed E-state index contributed by atoms with van der Waals surface area (Å²) in [6, 6.07) is 158. The second-order valence-corrected chi connectivity index (χ2v) is 22.8. The van der Waals surface area contributed by atoms with E-state index in [9.17, 15) is 0 Å². The minimum atomic E-state index is 0. The summed E-state index contributed by atoms with van der Waals surface area (Å²) >= 11 is 0. The Hall–Kier alpha value is 14.0. The molecular weight excluding hydrogens is 3290 g/mol. The minimum Gasteiger partial charge on any atom is -0.250 e. The molecule has 0 bridgehead atoms. The zero-order valence-electron chi connectivity index (χ0n) is 65.1. The van der Waals surface area contributed by atoms with Crippen LogP contribution in [0.15, 0.2) is 255 Å². The first-order chi connectivity index (χ1) is 47.7. The van der Waals surface area contributed by atoms with Gasteiger partial charge in [0.2, 0.25) is 0 Å². The first-order valence-electron chi connectivity index (χ1n) is 31.4. The Bertz CT molecular complexity index is 3860. The van der Waals surface area contributed by atoms with E-state index in [1.54, 1.807) is 0 Å². The predicted octanol–water partition coefficient (Wildman–Crippen LogP) is 22.2. The molecule has 16 aromatic rings. The van der Waals surface area contributed by atoms with E-state index in [-0.39, 0.29) is 785 Å². The molecule has 0 amide bonds. The Morgan fingerprint density at radius 3 is 0.292 bits per heavy atom. The summed E-state index contributed by atoms with van der Waals surface area (Å²) in [5.74, 6) is 0. The van der Waals surface area contributed by atoms with E-state index < -0.39 is 0 Å². The number of hydrogen-bond acceptors (Lipinski definition) is 0. The molecule has 0 atom stereocenters. The number of benzene rings is 16. The molecule has 0 nitrogen and oxygen atoms in total. The summed E-state index contributed by atoms with van der Waals surface area (Å²) in [5.41, 5.74) is 33.9. The molecule has 0 heterocycles. The summed E-state index contributed by atoms with van der Waals surface area (Å²) in [6.07, 6.45) is 0. The maximum absolute atomic E-state index is 3.43. The molecule has 0 spiro atoms. The van der Waals surface area contributed by atoms with Gasteiger partial charge < -0.3 is 0 Å². The monoisotopic (exact) mass is 3330 g/mol. The SMILES string of the molecule is [Y].[Y].[Y].[Y].[Y].[Y].[Y].[Y].[Y].[Y].[Y].[Y].[Y].[Y].[Y].[Y].[Y].[Y].[Y].[Y].[Y].[Y].[Y].[Y].[c-]1cc[c-]c2c1-c1[c-]cc[c-]c1-c1[c-]cc[c-]c1-c1[c-]cc[c-]c1-2.[c-]1cc[c-]c2c1-c1[c-]cc[c-]c1-c1[c-]cccc1-c1ccc[c-]c1-2.[c-]1cc[c-]c2c1-c1[c-]cccc1-c1ccccc1-c1ccc[c-]c1-2.[c-]1cccc2c1-c1[c-]cccc1-c1ccc[c-]c1-c1[c-]cccc1-2. The van der Waals surface area contributed by atoms with Crippen LogP contribution < -0.4 is 0 Å². The summed E-state index contributed by atoms with van der Waals surface area (Å²) < 4.78 is 0. The van der Waals surface area contributed by atoms with Gasteiger partial charge in [-0.15, -0.1) is 71.8 Å². The number of rotatable bonds is 0. The van der Waals surface area contributed by atoms with Crippen molar-refractivity contribution in [2.24, 2.45) is 0 Å². The van der Waals surface area contributed by atoms with Crippen LogP contribution in [-0.4, -0.2) is 0 Å². The second kappa shape index (κ2) is 76.6. The molecule has 0 aliphatic heterocycles. The zero-order chi connectivity index (χ0) is 63.7. The van der Waals surface area contributed by atoms with E-state index >= 15 is 0 Å². The third-order valence-electron chi connectivity index (χ3n) is 17.5. The molecule has 20 rings (SSSR count). The van der Waals surface area contributed by atoms with Gasteiger partial charge in [0.15, 0.2) is 0 Å². The van der Waals surface area contributed by atoms with Crippen LogP contribution in [0.25, 0.3) is 178 Å². The molecule has 24 heteroatoms. The van der Waals surface area contributed by atoms with Gasteiger partial charge in [0, 0.05) is 785 Å². The molecule has 0 saturated heterocycles. The van der Waals surface area contributed by atoms with Crippen molar-refractivity contribution < 1.29 is 785 Å². The normalized spacial score (nSPS) is 9.07. The molecular formula is C96H42Y24-22. The van der Waals surface area contributed by atoms with E-state index in [4.69, 9.17) is 0 Å². The first-order valence-corrected chi connectivity index (χ1v) is 31.4. The van der Waals surface area contributed by atoms with Crippen molar-refractivity contribution in [1.82, 2.24) is 0 Å². The predicted molar refractivity (Wildman–Crippen MR) is 381 cm³/mol. The Labute approximate surface area is 1320 Å². The third kappa shape index (κ3) is 35.1. The second-order valence-electron chi connectivity index (χ2n) is 22.8. The molecule has 0 N–H and O–H groups in total. The van der Waals surface area contributed by atoms with Crippen LogP contribution >= 0.6 is 0 Å². The van der Waals surface area contributed by atoms with Gasteiger partial charge >= 0.3 is 0 Å². The van der Waals surface area contributed by atoms with Gasteiger partial charge in [0.25, 0.3) is 0 Å². The van der Waals surface area contributed by atoms with Crippen molar-refractivity contribution in [3.63, 3.8) is 0 Å². The van der Waals surface area contributed by atoms with E-state index in [0.29, 0.717) is 0 Å². The molecule has 0 saturated carbocycles. The zero-order valence-corrected chi connectivity index (χ0v) is 133. The largest absolute Gasteiger partial charge is 0.250 e.